The second-order valence-corrected chi connectivity index (χ2v) is 8.49. The van der Waals surface area contributed by atoms with Crippen LogP contribution in [0.4, 0.5) is 0 Å². The standard InChI is InChI=1S/C16H19ClN4O3S/c17-14-8-12(9-18)3-4-15(14)25(23,24)20-6-1-2-13(11-20)21-7-5-19-10-16(21)22/h3-4,8,13,19H,1-2,5-7,10-11H2. The fourth-order valence-electron chi connectivity index (χ4n) is 3.32. The van der Waals surface area contributed by atoms with Crippen LogP contribution in [-0.2, 0) is 14.8 Å². The summed E-state index contributed by atoms with van der Waals surface area (Å²) in [5.74, 6) is 0.00639. The number of piperidine rings is 1. The van der Waals surface area contributed by atoms with Crippen LogP contribution in [0.5, 0.6) is 0 Å². The highest BCUT2D eigenvalue weighted by Gasteiger charge is 2.35. The Labute approximate surface area is 152 Å². The fraction of sp³-hybridized carbons (Fsp3) is 0.500. The highest BCUT2D eigenvalue weighted by Crippen LogP contribution is 2.28. The Morgan fingerprint density at radius 2 is 2.12 bits per heavy atom. The highest BCUT2D eigenvalue weighted by atomic mass is 35.5. The second-order valence-electron chi connectivity index (χ2n) is 6.18. The van der Waals surface area contributed by atoms with E-state index in [9.17, 15) is 13.2 Å². The summed E-state index contributed by atoms with van der Waals surface area (Å²) in [4.78, 5) is 13.9. The first-order chi connectivity index (χ1) is 11.9. The highest BCUT2D eigenvalue weighted by molar-refractivity contribution is 7.89. The van der Waals surface area contributed by atoms with Crippen LogP contribution >= 0.6 is 11.6 Å². The molecule has 1 aromatic rings. The van der Waals surface area contributed by atoms with E-state index < -0.39 is 10.0 Å². The molecule has 2 aliphatic heterocycles. The zero-order valence-corrected chi connectivity index (χ0v) is 15.2. The third-order valence-electron chi connectivity index (χ3n) is 4.60. The summed E-state index contributed by atoms with van der Waals surface area (Å²) >= 11 is 6.09. The topological polar surface area (TPSA) is 93.5 Å². The summed E-state index contributed by atoms with van der Waals surface area (Å²) < 4.78 is 27.3. The number of sulfonamides is 1. The van der Waals surface area contributed by atoms with E-state index in [0.29, 0.717) is 31.6 Å². The van der Waals surface area contributed by atoms with Crippen LogP contribution in [0.3, 0.4) is 0 Å². The maximum Gasteiger partial charge on any atom is 0.244 e. The van der Waals surface area contributed by atoms with Crippen molar-refractivity contribution in [1.29, 1.82) is 5.26 Å². The quantitative estimate of drug-likeness (QED) is 0.834. The Morgan fingerprint density at radius 3 is 2.80 bits per heavy atom. The van der Waals surface area contributed by atoms with E-state index in [1.165, 1.54) is 22.5 Å². The van der Waals surface area contributed by atoms with Crippen LogP contribution in [0, 0.1) is 11.3 Å². The molecular formula is C16H19ClN4O3S. The van der Waals surface area contributed by atoms with Crippen molar-refractivity contribution in [2.45, 2.75) is 23.8 Å². The summed E-state index contributed by atoms with van der Waals surface area (Å²) in [7, 11) is -3.77. The number of hydrogen-bond acceptors (Lipinski definition) is 5. The van der Waals surface area contributed by atoms with Crippen molar-refractivity contribution in [3.05, 3.63) is 28.8 Å². The molecule has 2 aliphatic rings. The van der Waals surface area contributed by atoms with Crippen molar-refractivity contribution < 1.29 is 13.2 Å². The van der Waals surface area contributed by atoms with Crippen molar-refractivity contribution in [2.24, 2.45) is 0 Å². The van der Waals surface area contributed by atoms with Gasteiger partial charge in [-0.2, -0.15) is 9.57 Å². The lowest BCUT2D eigenvalue weighted by Crippen LogP contribution is -2.57. The van der Waals surface area contributed by atoms with Gasteiger partial charge in [-0.3, -0.25) is 4.79 Å². The number of halogens is 1. The Hall–Kier alpha value is -1.66. The van der Waals surface area contributed by atoms with Crippen molar-refractivity contribution in [2.75, 3.05) is 32.7 Å². The number of carbonyl (C=O) groups excluding carboxylic acids is 1. The number of carbonyl (C=O) groups is 1. The summed E-state index contributed by atoms with van der Waals surface area (Å²) in [6, 6.07) is 5.99. The summed E-state index contributed by atoms with van der Waals surface area (Å²) in [5, 5.41) is 12.0. The Kier molecular flexibility index (Phi) is 5.29. The molecule has 1 atom stereocenters. The number of nitriles is 1. The second kappa shape index (κ2) is 7.30. The van der Waals surface area contributed by atoms with Crippen molar-refractivity contribution in [3.63, 3.8) is 0 Å². The van der Waals surface area contributed by atoms with Gasteiger partial charge >= 0.3 is 0 Å². The molecule has 1 aromatic carbocycles. The van der Waals surface area contributed by atoms with Crippen LogP contribution in [-0.4, -0.2) is 62.3 Å². The van der Waals surface area contributed by atoms with Gasteiger partial charge in [0, 0.05) is 32.2 Å². The number of rotatable bonds is 3. The molecule has 134 valence electrons. The average Bonchev–Trinajstić information content (AvgIpc) is 2.62. The van der Waals surface area contributed by atoms with Crippen LogP contribution in [0.1, 0.15) is 18.4 Å². The molecule has 1 N–H and O–H groups in total. The minimum Gasteiger partial charge on any atom is -0.336 e. The third kappa shape index (κ3) is 3.65. The first-order valence-corrected chi connectivity index (χ1v) is 9.95. The molecule has 0 saturated carbocycles. The molecule has 25 heavy (non-hydrogen) atoms. The van der Waals surface area contributed by atoms with Gasteiger partial charge in [0.05, 0.1) is 23.2 Å². The van der Waals surface area contributed by atoms with Crippen LogP contribution in [0.2, 0.25) is 5.02 Å². The van der Waals surface area contributed by atoms with Gasteiger partial charge in [0.2, 0.25) is 15.9 Å². The molecular weight excluding hydrogens is 364 g/mol. The lowest BCUT2D eigenvalue weighted by Gasteiger charge is -2.40. The number of nitrogens with one attached hydrogen (secondary N) is 1. The number of hydrogen-bond donors (Lipinski definition) is 1. The molecule has 7 nitrogen and oxygen atoms in total. The van der Waals surface area contributed by atoms with Crippen LogP contribution in [0.25, 0.3) is 0 Å². The maximum atomic E-state index is 13.0. The van der Waals surface area contributed by atoms with E-state index in [2.05, 4.69) is 5.32 Å². The minimum absolute atomic E-state index is 0.000420. The van der Waals surface area contributed by atoms with E-state index in [-0.39, 0.29) is 28.4 Å². The van der Waals surface area contributed by atoms with Crippen molar-refractivity contribution in [1.82, 2.24) is 14.5 Å². The first kappa shape index (κ1) is 18.1. The fourth-order valence-corrected chi connectivity index (χ4v) is 5.35. The van der Waals surface area contributed by atoms with E-state index in [4.69, 9.17) is 16.9 Å². The van der Waals surface area contributed by atoms with E-state index in [1.807, 2.05) is 6.07 Å². The molecule has 0 aliphatic carbocycles. The van der Waals surface area contributed by atoms with E-state index in [1.54, 1.807) is 4.90 Å². The third-order valence-corrected chi connectivity index (χ3v) is 6.95. The zero-order valence-electron chi connectivity index (χ0n) is 13.6. The van der Waals surface area contributed by atoms with Crippen LogP contribution in [0.15, 0.2) is 23.1 Å². The molecule has 2 saturated heterocycles. The SMILES string of the molecule is N#Cc1ccc(S(=O)(=O)N2CCCC(N3CCNCC3=O)C2)c(Cl)c1. The molecule has 0 radical (unpaired) electrons. The Morgan fingerprint density at radius 1 is 1.32 bits per heavy atom. The maximum absolute atomic E-state index is 13.0. The molecule has 0 aromatic heterocycles. The summed E-state index contributed by atoms with van der Waals surface area (Å²) in [6.07, 6.45) is 1.48. The van der Waals surface area contributed by atoms with Gasteiger partial charge in [-0.1, -0.05) is 11.6 Å². The number of nitrogens with zero attached hydrogens (tertiary/aromatic N) is 3. The van der Waals surface area contributed by atoms with Gasteiger partial charge in [-0.05, 0) is 31.0 Å². The Balaban J connectivity index is 1.82. The van der Waals surface area contributed by atoms with E-state index >= 15 is 0 Å². The van der Waals surface area contributed by atoms with Gasteiger partial charge in [-0.25, -0.2) is 8.42 Å². The van der Waals surface area contributed by atoms with Gasteiger partial charge in [-0.15, -0.1) is 0 Å². The summed E-state index contributed by atoms with van der Waals surface area (Å²) in [5.41, 5.74) is 0.312. The van der Waals surface area contributed by atoms with Crippen molar-refractivity contribution in [3.8, 4) is 6.07 Å². The minimum atomic E-state index is -3.77. The average molecular weight is 383 g/mol. The van der Waals surface area contributed by atoms with Gasteiger partial charge in [0.15, 0.2) is 0 Å². The van der Waals surface area contributed by atoms with E-state index in [0.717, 1.165) is 13.0 Å². The predicted octanol–water partition coefficient (Wildman–Crippen LogP) is 0.797. The number of amides is 1. The Bertz CT molecular complexity index is 821. The lowest BCUT2D eigenvalue weighted by atomic mass is 10.1. The predicted molar refractivity (Wildman–Crippen MR) is 92.5 cm³/mol. The van der Waals surface area contributed by atoms with Gasteiger partial charge in [0.1, 0.15) is 4.90 Å². The molecule has 1 amide bonds. The smallest absolute Gasteiger partial charge is 0.244 e. The first-order valence-electron chi connectivity index (χ1n) is 8.13. The molecule has 0 bridgehead atoms. The summed E-state index contributed by atoms with van der Waals surface area (Å²) in [6.45, 7) is 2.27. The van der Waals surface area contributed by atoms with Gasteiger partial charge < -0.3 is 10.2 Å². The van der Waals surface area contributed by atoms with Crippen molar-refractivity contribution >= 4 is 27.5 Å². The lowest BCUT2D eigenvalue weighted by molar-refractivity contribution is -0.135. The number of piperazine rings is 1. The molecule has 1 unspecified atom stereocenters. The normalized spacial score (nSPS) is 22.6. The number of benzene rings is 1. The van der Waals surface area contributed by atoms with Crippen LogP contribution < -0.4 is 5.32 Å². The van der Waals surface area contributed by atoms with Gasteiger partial charge in [0.25, 0.3) is 0 Å². The molecule has 0 spiro atoms. The molecule has 9 heteroatoms. The zero-order chi connectivity index (χ0) is 18.0. The molecule has 3 rings (SSSR count). The largest absolute Gasteiger partial charge is 0.336 e. The molecule has 2 heterocycles. The molecule has 2 fully saturated rings. The monoisotopic (exact) mass is 382 g/mol.